The monoisotopic (exact) mass is 603 g/mol. The van der Waals surface area contributed by atoms with E-state index in [0.29, 0.717) is 0 Å². The Balaban J connectivity index is 0.000000297. The Morgan fingerprint density at radius 3 is 2.59 bits per heavy atom. The molecule has 1 N–H and O–H groups in total. The number of rotatable bonds is 1. The Bertz CT molecular complexity index is 1420. The van der Waals surface area contributed by atoms with Crippen LogP contribution in [0.3, 0.4) is 0 Å². The molecule has 2 aromatic heterocycles. The Morgan fingerprint density at radius 1 is 1.19 bits per heavy atom. The molecule has 2 aromatic carbocycles. The molecule has 0 amide bonds. The van der Waals surface area contributed by atoms with E-state index in [4.69, 9.17) is 11.5 Å². The van der Waals surface area contributed by atoms with Crippen molar-refractivity contribution in [2.45, 2.75) is 40.0 Å². The number of ketones is 1. The molecule has 4 nitrogen and oxygen atoms in total. The van der Waals surface area contributed by atoms with Crippen molar-refractivity contribution in [1.82, 2.24) is 9.97 Å². The van der Waals surface area contributed by atoms with Crippen LogP contribution in [0.2, 0.25) is 0 Å². The van der Waals surface area contributed by atoms with Gasteiger partial charge in [-0.15, -0.1) is 23.8 Å². The average Bonchev–Trinajstić information content (AvgIpc) is 2.76. The predicted molar refractivity (Wildman–Crippen MR) is 125 cm³/mol. The third kappa shape index (κ3) is 4.11. The van der Waals surface area contributed by atoms with Crippen LogP contribution in [0, 0.1) is 13.0 Å². The second-order valence-electron chi connectivity index (χ2n) is 8.42. The van der Waals surface area contributed by atoms with Crippen molar-refractivity contribution in [3.63, 3.8) is 0 Å². The second-order valence-corrected chi connectivity index (χ2v) is 8.42. The number of pyridine rings is 2. The van der Waals surface area contributed by atoms with E-state index in [1.54, 1.807) is 0 Å². The number of aromatic nitrogens is 2. The fourth-order valence-electron chi connectivity index (χ4n) is 4.24. The van der Waals surface area contributed by atoms with E-state index in [1.165, 1.54) is 41.3 Å². The van der Waals surface area contributed by atoms with Gasteiger partial charge in [0.1, 0.15) is 0 Å². The molecular formula is C27H25IrN2O2-. The average molecular weight is 603 g/mol. The van der Waals surface area contributed by atoms with Crippen LogP contribution in [-0.4, -0.2) is 20.9 Å². The number of hydrogen-bond acceptors (Lipinski definition) is 4. The molecular weight excluding hydrogens is 577 g/mol. The number of aliphatic hydroxyl groups is 1. The molecule has 0 atom stereocenters. The van der Waals surface area contributed by atoms with Crippen LogP contribution in [0.25, 0.3) is 32.9 Å². The normalized spacial score (nSPS) is 14.3. The zero-order valence-electron chi connectivity index (χ0n) is 19.7. The largest absolute Gasteiger partial charge is 0.512 e. The summed E-state index contributed by atoms with van der Waals surface area (Å²) < 4.78 is 6.76. The predicted octanol–water partition coefficient (Wildman–Crippen LogP) is 6.23. The van der Waals surface area contributed by atoms with Gasteiger partial charge in [0.05, 0.1) is 12.6 Å². The van der Waals surface area contributed by atoms with Crippen molar-refractivity contribution >= 4 is 27.5 Å². The van der Waals surface area contributed by atoms with Gasteiger partial charge in [0.25, 0.3) is 0 Å². The van der Waals surface area contributed by atoms with Gasteiger partial charge in [-0.3, -0.25) is 14.8 Å². The smallest absolute Gasteiger partial charge is 0.155 e. The molecule has 5 heteroatoms. The SMILES string of the molecule is Cc1cccc2nc3c(cc12)C(C)(C)c1cncc2cc[c-]c-3c12.[2H]/C(C(C)=O)=C(\C)O.[Ir]. The summed E-state index contributed by atoms with van der Waals surface area (Å²) in [5.41, 5.74) is 6.85. The van der Waals surface area contributed by atoms with Crippen LogP contribution in [-0.2, 0) is 30.3 Å². The van der Waals surface area contributed by atoms with Crippen molar-refractivity contribution in [3.8, 4) is 11.3 Å². The fraction of sp³-hybridized carbons (Fsp3) is 0.222. The van der Waals surface area contributed by atoms with Gasteiger partial charge in [-0.2, -0.15) is 0 Å². The maximum Gasteiger partial charge on any atom is 0.155 e. The molecule has 0 fully saturated rings. The molecule has 0 spiro atoms. The summed E-state index contributed by atoms with van der Waals surface area (Å²) >= 11 is 0. The van der Waals surface area contributed by atoms with Crippen molar-refractivity contribution < 1.29 is 31.4 Å². The minimum Gasteiger partial charge on any atom is -0.512 e. The number of carbonyl (C=O) groups excluding carboxylic acids is 1. The first-order valence-electron chi connectivity index (χ1n) is 10.7. The number of aryl methyl sites for hydroxylation is 1. The summed E-state index contributed by atoms with van der Waals surface area (Å²) in [6.45, 7) is 9.23. The van der Waals surface area contributed by atoms with E-state index in [-0.39, 0.29) is 37.3 Å². The summed E-state index contributed by atoms with van der Waals surface area (Å²) in [4.78, 5) is 19.7. The summed E-state index contributed by atoms with van der Waals surface area (Å²) in [7, 11) is 0. The van der Waals surface area contributed by atoms with Crippen LogP contribution in [0.15, 0.2) is 60.6 Å². The standard InChI is InChI=1S/C22H17N2.C5H8O2.Ir/c1-13-6-4-9-19-16(13)10-17-21(24-19)15-8-5-7-14-11-23-12-18(20(14)15)22(17,2)3;1-4(6)3-5(2)7;/h4-7,9-12H,1-3H3;3,6H,1-2H3;/q-1;;/b;4-3-;/i;3D;. The summed E-state index contributed by atoms with van der Waals surface area (Å²) in [6, 6.07) is 15.8. The van der Waals surface area contributed by atoms with E-state index in [0.717, 1.165) is 22.2 Å². The van der Waals surface area contributed by atoms with Crippen LogP contribution in [0.1, 0.15) is 45.8 Å². The maximum absolute atomic E-state index is 10.2. The number of carbonyl (C=O) groups is 1. The van der Waals surface area contributed by atoms with E-state index < -0.39 is 5.78 Å². The van der Waals surface area contributed by atoms with Crippen LogP contribution >= 0.6 is 0 Å². The van der Waals surface area contributed by atoms with Crippen molar-refractivity contribution in [2.24, 2.45) is 0 Å². The summed E-state index contributed by atoms with van der Waals surface area (Å²) in [5, 5.41) is 12.1. The van der Waals surface area contributed by atoms with Gasteiger partial charge in [-0.25, -0.2) is 0 Å². The number of hydrogen-bond donors (Lipinski definition) is 1. The fourth-order valence-corrected chi connectivity index (χ4v) is 4.24. The molecule has 1 aliphatic carbocycles. The summed E-state index contributed by atoms with van der Waals surface area (Å²) in [6.07, 6.45) is 3.94. The Labute approximate surface area is 203 Å². The first-order valence-corrected chi connectivity index (χ1v) is 10.2. The van der Waals surface area contributed by atoms with Crippen LogP contribution in [0.5, 0.6) is 0 Å². The number of fused-ring (bicyclic) bond motifs is 3. The van der Waals surface area contributed by atoms with Gasteiger partial charge < -0.3 is 5.11 Å². The van der Waals surface area contributed by atoms with Crippen molar-refractivity contribution in [3.05, 3.63) is 83.4 Å². The molecule has 5 rings (SSSR count). The van der Waals surface area contributed by atoms with Gasteiger partial charge >= 0.3 is 0 Å². The molecule has 0 unspecified atom stereocenters. The second kappa shape index (κ2) is 8.93. The third-order valence-corrected chi connectivity index (χ3v) is 5.73. The van der Waals surface area contributed by atoms with Gasteiger partial charge in [0.15, 0.2) is 5.78 Å². The molecule has 165 valence electrons. The molecule has 2 heterocycles. The molecule has 0 aliphatic heterocycles. The first kappa shape index (κ1) is 22.3. The van der Waals surface area contributed by atoms with Crippen LogP contribution < -0.4 is 0 Å². The van der Waals surface area contributed by atoms with Crippen LogP contribution in [0.4, 0.5) is 0 Å². The number of nitrogens with zero attached hydrogens (tertiary/aromatic N) is 2. The van der Waals surface area contributed by atoms with Gasteiger partial charge in [-0.1, -0.05) is 53.9 Å². The molecule has 0 saturated carbocycles. The summed E-state index contributed by atoms with van der Waals surface area (Å²) in [5.74, 6) is -0.637. The molecule has 0 saturated heterocycles. The van der Waals surface area contributed by atoms with E-state index in [1.807, 2.05) is 18.5 Å². The van der Waals surface area contributed by atoms with Crippen molar-refractivity contribution in [1.29, 1.82) is 0 Å². The number of benzene rings is 2. The number of allylic oxidation sites excluding steroid dienone is 2. The van der Waals surface area contributed by atoms with Gasteiger partial charge in [0.2, 0.25) is 0 Å². The maximum atomic E-state index is 10.2. The zero-order valence-corrected chi connectivity index (χ0v) is 21.1. The first-order chi connectivity index (χ1) is 15.1. The molecule has 0 bridgehead atoms. The Morgan fingerprint density at radius 2 is 1.94 bits per heavy atom. The Hall–Kier alpha value is -2.88. The van der Waals surface area contributed by atoms with Gasteiger partial charge in [0, 0.05) is 49.4 Å². The molecule has 1 radical (unpaired) electrons. The topological polar surface area (TPSA) is 63.1 Å². The Kier molecular flexibility index (Phi) is 6.23. The number of aliphatic hydroxyl groups excluding tert-OH is 1. The minimum absolute atomic E-state index is 0. The van der Waals surface area contributed by atoms with E-state index in [2.05, 4.69) is 62.2 Å². The zero-order chi connectivity index (χ0) is 23.2. The molecule has 1 aliphatic rings. The van der Waals surface area contributed by atoms with E-state index >= 15 is 0 Å². The molecule has 32 heavy (non-hydrogen) atoms. The minimum atomic E-state index is -0.412. The van der Waals surface area contributed by atoms with Gasteiger partial charge in [-0.05, 0) is 38.1 Å². The van der Waals surface area contributed by atoms with E-state index in [9.17, 15) is 4.79 Å². The third-order valence-electron chi connectivity index (χ3n) is 5.73. The van der Waals surface area contributed by atoms with Crippen molar-refractivity contribution in [2.75, 3.05) is 0 Å². The quantitative estimate of drug-likeness (QED) is 0.159. The molecule has 4 aromatic rings.